The van der Waals surface area contributed by atoms with E-state index in [1.165, 1.54) is 0 Å². The van der Waals surface area contributed by atoms with Gasteiger partial charge < -0.3 is 32.7 Å². The Hall–Kier alpha value is -6.12. The molecule has 1 unspecified atom stereocenters. The van der Waals surface area contributed by atoms with Crippen molar-refractivity contribution < 1.29 is 9.59 Å². The minimum atomic E-state index is 0.0564. The molecule has 4 atom stereocenters. The van der Waals surface area contributed by atoms with E-state index < -0.39 is 0 Å². The molecule has 2 saturated heterocycles. The Morgan fingerprint density at radius 2 is 1.12 bits per heavy atom. The second kappa shape index (κ2) is 13.9. The highest BCUT2D eigenvalue weighted by molar-refractivity contribution is 6.00. The molecule has 6 aromatic heterocycles. The van der Waals surface area contributed by atoms with Crippen LogP contribution in [0.5, 0.6) is 0 Å². The molecule has 2 aliphatic heterocycles. The number of amides is 2. The van der Waals surface area contributed by atoms with Crippen molar-refractivity contribution in [3.8, 4) is 22.5 Å². The lowest BCUT2D eigenvalue weighted by Crippen LogP contribution is -2.20. The number of hydrogen-bond donors (Lipinski definition) is 6. The second-order valence-electron chi connectivity index (χ2n) is 15.8. The number of rotatable bonds is 6. The van der Waals surface area contributed by atoms with Crippen LogP contribution in [0.25, 0.3) is 44.1 Å². The van der Waals surface area contributed by atoms with Gasteiger partial charge in [-0.25, -0.2) is 19.9 Å². The Morgan fingerprint density at radius 1 is 0.679 bits per heavy atom. The van der Waals surface area contributed by atoms with Gasteiger partial charge in [-0.3, -0.25) is 19.6 Å². The topological polar surface area (TPSA) is 212 Å². The molecule has 2 aliphatic carbocycles. The summed E-state index contributed by atoms with van der Waals surface area (Å²) < 4.78 is 0. The van der Waals surface area contributed by atoms with Crippen molar-refractivity contribution in [2.45, 2.75) is 39.5 Å². The molecule has 14 nitrogen and oxygen atoms in total. The monoisotopic (exact) mass is 748 g/mol. The quantitative estimate of drug-likeness (QED) is 0.132. The number of aromatic nitrogens is 6. The summed E-state index contributed by atoms with van der Waals surface area (Å²) in [5.41, 5.74) is 18.2. The third kappa shape index (κ3) is 6.64. The maximum absolute atomic E-state index is 12.6. The molecular formula is C42H44N12O2. The molecule has 284 valence electrons. The molecule has 0 radical (unpaired) electrons. The van der Waals surface area contributed by atoms with E-state index in [4.69, 9.17) is 11.5 Å². The lowest BCUT2D eigenvalue weighted by atomic mass is 10.0. The van der Waals surface area contributed by atoms with Crippen LogP contribution >= 0.6 is 0 Å². The molecule has 14 heteroatoms. The summed E-state index contributed by atoms with van der Waals surface area (Å²) in [7, 11) is 0. The Labute approximate surface area is 323 Å². The number of nitrogens with one attached hydrogen (secondary N) is 4. The predicted molar refractivity (Wildman–Crippen MR) is 217 cm³/mol. The molecule has 8 heterocycles. The maximum atomic E-state index is 12.6. The van der Waals surface area contributed by atoms with Crippen molar-refractivity contribution in [3.05, 3.63) is 84.7 Å². The second-order valence-corrected chi connectivity index (χ2v) is 15.8. The summed E-state index contributed by atoms with van der Waals surface area (Å²) in [5.74, 6) is 2.20. The van der Waals surface area contributed by atoms with E-state index in [1.54, 1.807) is 37.2 Å². The van der Waals surface area contributed by atoms with Crippen LogP contribution in [0, 0.1) is 36.5 Å². The zero-order valence-electron chi connectivity index (χ0n) is 31.4. The number of carbonyl (C=O) groups excluding carboxylic acids is 2. The Kier molecular flexibility index (Phi) is 8.81. The highest BCUT2D eigenvalue weighted by Gasteiger charge is 2.59. The van der Waals surface area contributed by atoms with Crippen molar-refractivity contribution in [1.82, 2.24) is 40.5 Å². The first-order valence-electron chi connectivity index (χ1n) is 19.1. The number of pyridine rings is 6. The van der Waals surface area contributed by atoms with E-state index in [9.17, 15) is 9.59 Å². The van der Waals surface area contributed by atoms with Crippen molar-refractivity contribution in [3.63, 3.8) is 0 Å². The summed E-state index contributed by atoms with van der Waals surface area (Å²) in [4.78, 5) is 51.5. The third-order valence-electron chi connectivity index (χ3n) is 12.2. The first-order chi connectivity index (χ1) is 27.1. The lowest BCUT2D eigenvalue weighted by molar-refractivity contribution is -0.118. The van der Waals surface area contributed by atoms with Gasteiger partial charge in [0.25, 0.3) is 0 Å². The van der Waals surface area contributed by atoms with Crippen LogP contribution < -0.4 is 32.7 Å². The van der Waals surface area contributed by atoms with Gasteiger partial charge in [-0.15, -0.1) is 0 Å². The highest BCUT2D eigenvalue weighted by atomic mass is 16.2. The summed E-state index contributed by atoms with van der Waals surface area (Å²) in [6.45, 7) is 7.90. The van der Waals surface area contributed by atoms with Crippen LogP contribution in [0.2, 0.25) is 0 Å². The molecule has 2 amide bonds. The lowest BCUT2D eigenvalue weighted by Gasteiger charge is -2.11. The van der Waals surface area contributed by atoms with Crippen molar-refractivity contribution in [2.75, 3.05) is 48.3 Å². The molecule has 2 spiro atoms. The molecule has 56 heavy (non-hydrogen) atoms. The number of fused-ring (bicyclic) bond motifs is 2. The first-order valence-corrected chi connectivity index (χ1v) is 19.1. The molecule has 10 rings (SSSR count). The molecule has 4 aliphatic rings. The number of nitrogen functional groups attached to an aromatic ring is 2. The number of aryl methyl sites for hydroxylation is 2. The molecule has 2 saturated carbocycles. The van der Waals surface area contributed by atoms with Gasteiger partial charge in [0.05, 0.1) is 11.4 Å². The van der Waals surface area contributed by atoms with Gasteiger partial charge in [0, 0.05) is 84.0 Å². The highest BCUT2D eigenvalue weighted by Crippen LogP contribution is 2.57. The van der Waals surface area contributed by atoms with E-state index in [0.717, 1.165) is 107 Å². The zero-order chi connectivity index (χ0) is 38.6. The SMILES string of the molecule is Cc1ccncc1-c1cc2cc(NC(=O)C3C[C@]34CCNC4)ncc2c(N)n1.Cc1ccncc1-c1cc2cc(NC(=O)[C@@H]3C[C@@]34CCNC4)ncc2c(N)n1. The minimum Gasteiger partial charge on any atom is -0.383 e. The molecule has 4 fully saturated rings. The van der Waals surface area contributed by atoms with Gasteiger partial charge in [0.15, 0.2) is 0 Å². The van der Waals surface area contributed by atoms with E-state index in [2.05, 4.69) is 51.2 Å². The summed E-state index contributed by atoms with van der Waals surface area (Å²) in [5, 5.41) is 16.0. The van der Waals surface area contributed by atoms with Crippen LogP contribution in [0.3, 0.4) is 0 Å². The van der Waals surface area contributed by atoms with E-state index in [0.29, 0.717) is 23.3 Å². The van der Waals surface area contributed by atoms with Crippen LogP contribution in [0.15, 0.2) is 73.6 Å². The number of anilines is 4. The predicted octanol–water partition coefficient (Wildman–Crippen LogP) is 5.04. The summed E-state index contributed by atoms with van der Waals surface area (Å²) in [6, 6.07) is 11.5. The van der Waals surface area contributed by atoms with Gasteiger partial charge in [0.2, 0.25) is 11.8 Å². The van der Waals surface area contributed by atoms with Gasteiger partial charge in [-0.1, -0.05) is 0 Å². The Morgan fingerprint density at radius 3 is 1.52 bits per heavy atom. The average Bonchev–Trinajstić information content (AvgIpc) is 3.92. The summed E-state index contributed by atoms with van der Waals surface area (Å²) >= 11 is 0. The molecular weight excluding hydrogens is 705 g/mol. The Balaban J connectivity index is 0.000000146. The van der Waals surface area contributed by atoms with Gasteiger partial charge in [-0.2, -0.15) is 0 Å². The Bertz CT molecular complexity index is 2350. The fraction of sp³-hybridized carbons (Fsp3) is 0.333. The minimum absolute atomic E-state index is 0.0564. The van der Waals surface area contributed by atoms with E-state index in [1.807, 2.05) is 50.2 Å². The van der Waals surface area contributed by atoms with Crippen LogP contribution in [0.1, 0.15) is 36.8 Å². The smallest absolute Gasteiger partial charge is 0.229 e. The van der Waals surface area contributed by atoms with Crippen molar-refractivity contribution in [1.29, 1.82) is 0 Å². The third-order valence-corrected chi connectivity index (χ3v) is 12.2. The number of nitrogens with two attached hydrogens (primary N) is 2. The molecule has 0 aromatic carbocycles. The molecule has 0 bridgehead atoms. The van der Waals surface area contributed by atoms with Crippen LogP contribution in [-0.2, 0) is 9.59 Å². The van der Waals surface area contributed by atoms with Crippen molar-refractivity contribution >= 4 is 56.6 Å². The number of nitrogens with zero attached hydrogens (tertiary/aromatic N) is 6. The number of carbonyl (C=O) groups is 2. The van der Waals surface area contributed by atoms with Gasteiger partial charge in [0.1, 0.15) is 23.3 Å². The average molecular weight is 749 g/mol. The standard InChI is InChI=1S/2C21H22N6O/c2*1-12-2-4-23-9-14(12)17-6-13-7-18(25-10-15(13)19(22)26-17)27-20(28)16-8-21(16)3-5-24-11-21/h2*2,4,6-7,9-10,16,24H,3,5,8,11H2,1H3,(H2,22,26)(H,25,27,28)/t16?,21-;16-,21+/m00/s1. The first kappa shape index (κ1) is 35.6. The number of hydrogen-bond acceptors (Lipinski definition) is 12. The zero-order valence-corrected chi connectivity index (χ0v) is 31.4. The van der Waals surface area contributed by atoms with Gasteiger partial charge in [-0.05, 0) is 122 Å². The maximum Gasteiger partial charge on any atom is 0.229 e. The van der Waals surface area contributed by atoms with Crippen molar-refractivity contribution in [2.24, 2.45) is 22.7 Å². The van der Waals surface area contributed by atoms with Gasteiger partial charge >= 0.3 is 0 Å². The summed E-state index contributed by atoms with van der Waals surface area (Å²) in [6.07, 6.45) is 14.5. The fourth-order valence-corrected chi connectivity index (χ4v) is 8.56. The fourth-order valence-electron chi connectivity index (χ4n) is 8.56. The van der Waals surface area contributed by atoms with Crippen LogP contribution in [0.4, 0.5) is 23.3 Å². The van der Waals surface area contributed by atoms with Crippen LogP contribution in [-0.4, -0.2) is 67.9 Å². The molecule has 8 N–H and O–H groups in total. The largest absolute Gasteiger partial charge is 0.383 e. The van der Waals surface area contributed by atoms with E-state index >= 15 is 0 Å². The normalized spacial score (nSPS) is 23.2. The molecule has 6 aromatic rings. The van der Waals surface area contributed by atoms with E-state index in [-0.39, 0.29) is 34.5 Å².